The third kappa shape index (κ3) is 5.70. The molecule has 0 fully saturated rings. The van der Waals surface area contributed by atoms with Gasteiger partial charge in [0.25, 0.3) is 0 Å². The van der Waals surface area contributed by atoms with Crippen molar-refractivity contribution in [3.8, 4) is 11.4 Å². The van der Waals surface area contributed by atoms with Crippen LogP contribution in [0.4, 0.5) is 4.39 Å². The molecule has 0 spiro atoms. The van der Waals surface area contributed by atoms with E-state index in [4.69, 9.17) is 0 Å². The van der Waals surface area contributed by atoms with E-state index in [9.17, 15) is 4.39 Å². The fourth-order valence-corrected chi connectivity index (χ4v) is 2.84. The van der Waals surface area contributed by atoms with Crippen molar-refractivity contribution in [2.75, 3.05) is 0 Å². The van der Waals surface area contributed by atoms with Crippen molar-refractivity contribution in [2.24, 2.45) is 0 Å². The third-order valence-electron chi connectivity index (χ3n) is 4.39. The van der Waals surface area contributed by atoms with Crippen LogP contribution in [0.5, 0.6) is 0 Å². The fourth-order valence-electron chi connectivity index (χ4n) is 2.84. The first-order valence-corrected chi connectivity index (χ1v) is 9.34. The van der Waals surface area contributed by atoms with E-state index in [-0.39, 0.29) is 5.82 Å². The lowest BCUT2D eigenvalue weighted by atomic mass is 10.0. The summed E-state index contributed by atoms with van der Waals surface area (Å²) >= 11 is 0. The molecule has 0 aliphatic carbocycles. The van der Waals surface area contributed by atoms with Crippen LogP contribution in [0.3, 0.4) is 0 Å². The maximum absolute atomic E-state index is 14.3. The number of halogens is 1. The van der Waals surface area contributed by atoms with E-state index in [0.29, 0.717) is 5.82 Å². The first-order valence-electron chi connectivity index (χ1n) is 9.34. The first-order chi connectivity index (χ1) is 11.7. The summed E-state index contributed by atoms with van der Waals surface area (Å²) in [7, 11) is 0. The highest BCUT2D eigenvalue weighted by atomic mass is 19.1. The highest BCUT2D eigenvalue weighted by molar-refractivity contribution is 5.55. The molecule has 0 N–H and O–H groups in total. The molecule has 130 valence electrons. The van der Waals surface area contributed by atoms with Crippen molar-refractivity contribution < 1.29 is 4.39 Å². The summed E-state index contributed by atoms with van der Waals surface area (Å²) in [4.78, 5) is 8.81. The molecule has 2 rings (SSSR count). The SMILES string of the molecule is CCCCCCc1ccc(-c2ncc(CCCCC)cn2)cc1F. The number of rotatable bonds is 10. The van der Waals surface area contributed by atoms with Gasteiger partial charge in [0.1, 0.15) is 5.82 Å². The van der Waals surface area contributed by atoms with Gasteiger partial charge in [-0.05, 0) is 42.9 Å². The quantitative estimate of drug-likeness (QED) is 0.490. The van der Waals surface area contributed by atoms with Gasteiger partial charge in [0, 0.05) is 18.0 Å². The van der Waals surface area contributed by atoms with Crippen LogP contribution < -0.4 is 0 Å². The molecular formula is C21H29FN2. The van der Waals surface area contributed by atoms with Gasteiger partial charge < -0.3 is 0 Å². The van der Waals surface area contributed by atoms with Crippen LogP contribution in [-0.2, 0) is 12.8 Å². The number of nitrogens with zero attached hydrogens (tertiary/aromatic N) is 2. The number of benzene rings is 1. The lowest BCUT2D eigenvalue weighted by molar-refractivity contribution is 0.594. The monoisotopic (exact) mass is 328 g/mol. The second-order valence-corrected chi connectivity index (χ2v) is 6.49. The van der Waals surface area contributed by atoms with Gasteiger partial charge in [0.2, 0.25) is 0 Å². The van der Waals surface area contributed by atoms with Crippen molar-refractivity contribution in [1.29, 1.82) is 0 Å². The average molecular weight is 328 g/mol. The predicted octanol–water partition coefficient (Wildman–Crippen LogP) is 6.14. The third-order valence-corrected chi connectivity index (χ3v) is 4.39. The number of hydrogen-bond acceptors (Lipinski definition) is 2. The van der Waals surface area contributed by atoms with Crippen LogP contribution >= 0.6 is 0 Å². The van der Waals surface area contributed by atoms with Crippen LogP contribution in [-0.4, -0.2) is 9.97 Å². The highest BCUT2D eigenvalue weighted by Gasteiger charge is 2.07. The average Bonchev–Trinajstić information content (AvgIpc) is 2.61. The molecule has 3 heteroatoms. The van der Waals surface area contributed by atoms with Gasteiger partial charge >= 0.3 is 0 Å². The minimum Gasteiger partial charge on any atom is -0.236 e. The van der Waals surface area contributed by atoms with Crippen LogP contribution in [0, 0.1) is 5.82 Å². The summed E-state index contributed by atoms with van der Waals surface area (Å²) in [6, 6.07) is 5.39. The van der Waals surface area contributed by atoms with Gasteiger partial charge in [0.05, 0.1) is 0 Å². The largest absolute Gasteiger partial charge is 0.236 e. The molecule has 0 aliphatic rings. The Labute approximate surface area is 145 Å². The molecule has 0 saturated heterocycles. The molecule has 2 aromatic rings. The van der Waals surface area contributed by atoms with Gasteiger partial charge in [-0.3, -0.25) is 0 Å². The lowest BCUT2D eigenvalue weighted by Crippen LogP contribution is -1.96. The molecule has 0 amide bonds. The van der Waals surface area contributed by atoms with Crippen molar-refractivity contribution in [3.05, 3.63) is 47.5 Å². The Bertz CT molecular complexity index is 608. The van der Waals surface area contributed by atoms with Gasteiger partial charge in [-0.2, -0.15) is 0 Å². The van der Waals surface area contributed by atoms with E-state index < -0.39 is 0 Å². The Balaban J connectivity index is 1.97. The highest BCUT2D eigenvalue weighted by Crippen LogP contribution is 2.20. The Kier molecular flexibility index (Phi) is 7.87. The van der Waals surface area contributed by atoms with Crippen molar-refractivity contribution in [3.63, 3.8) is 0 Å². The molecule has 0 unspecified atom stereocenters. The topological polar surface area (TPSA) is 25.8 Å². The van der Waals surface area contributed by atoms with E-state index in [2.05, 4.69) is 23.8 Å². The van der Waals surface area contributed by atoms with Crippen molar-refractivity contribution in [2.45, 2.75) is 71.6 Å². The van der Waals surface area contributed by atoms with E-state index in [1.165, 1.54) is 38.5 Å². The van der Waals surface area contributed by atoms with Gasteiger partial charge in [-0.1, -0.05) is 58.1 Å². The summed E-state index contributed by atoms with van der Waals surface area (Å²) in [5.41, 5.74) is 2.70. The summed E-state index contributed by atoms with van der Waals surface area (Å²) in [5.74, 6) is 0.463. The molecule has 2 nitrogen and oxygen atoms in total. The van der Waals surface area contributed by atoms with E-state index in [1.807, 2.05) is 24.5 Å². The first kappa shape index (κ1) is 18.6. The van der Waals surface area contributed by atoms with Crippen LogP contribution in [0.15, 0.2) is 30.6 Å². The Morgan fingerprint density at radius 1 is 0.833 bits per heavy atom. The zero-order chi connectivity index (χ0) is 17.2. The minimum atomic E-state index is -0.139. The molecular weight excluding hydrogens is 299 g/mol. The molecule has 0 saturated carbocycles. The maximum Gasteiger partial charge on any atom is 0.159 e. The van der Waals surface area contributed by atoms with Gasteiger partial charge in [-0.15, -0.1) is 0 Å². The molecule has 24 heavy (non-hydrogen) atoms. The van der Waals surface area contributed by atoms with E-state index >= 15 is 0 Å². The predicted molar refractivity (Wildman–Crippen MR) is 98.5 cm³/mol. The Hall–Kier alpha value is -1.77. The van der Waals surface area contributed by atoms with E-state index in [0.717, 1.165) is 36.0 Å². The zero-order valence-corrected chi connectivity index (χ0v) is 15.0. The number of hydrogen-bond donors (Lipinski definition) is 0. The van der Waals surface area contributed by atoms with Crippen LogP contribution in [0.1, 0.15) is 69.9 Å². The molecule has 1 aromatic carbocycles. The molecule has 1 heterocycles. The van der Waals surface area contributed by atoms with Crippen LogP contribution in [0.25, 0.3) is 11.4 Å². The zero-order valence-electron chi connectivity index (χ0n) is 15.0. The summed E-state index contributed by atoms with van der Waals surface area (Å²) in [6.45, 7) is 4.38. The standard InChI is InChI=1S/C21H29FN2/c1-3-5-7-9-11-18-12-13-19(14-20(18)22)21-23-15-17(16-24-21)10-8-6-4-2/h12-16H,3-11H2,1-2H3. The summed E-state index contributed by atoms with van der Waals surface area (Å²) in [6.07, 6.45) is 13.8. The lowest BCUT2D eigenvalue weighted by Gasteiger charge is -2.06. The number of aryl methyl sites for hydroxylation is 2. The van der Waals surface area contributed by atoms with Gasteiger partial charge in [0.15, 0.2) is 5.82 Å². The fraction of sp³-hybridized carbons (Fsp3) is 0.524. The summed E-state index contributed by atoms with van der Waals surface area (Å²) in [5, 5.41) is 0. The second kappa shape index (κ2) is 10.2. The molecule has 0 aliphatic heterocycles. The molecule has 1 aromatic heterocycles. The molecule has 0 bridgehead atoms. The smallest absolute Gasteiger partial charge is 0.159 e. The Morgan fingerprint density at radius 2 is 1.50 bits per heavy atom. The van der Waals surface area contributed by atoms with E-state index in [1.54, 1.807) is 6.07 Å². The number of aromatic nitrogens is 2. The summed E-state index contributed by atoms with van der Waals surface area (Å²) < 4.78 is 14.3. The second-order valence-electron chi connectivity index (χ2n) is 6.49. The normalized spacial score (nSPS) is 11.0. The van der Waals surface area contributed by atoms with Gasteiger partial charge in [-0.25, -0.2) is 14.4 Å². The maximum atomic E-state index is 14.3. The Morgan fingerprint density at radius 3 is 2.17 bits per heavy atom. The van der Waals surface area contributed by atoms with Crippen LogP contribution in [0.2, 0.25) is 0 Å². The van der Waals surface area contributed by atoms with Crippen molar-refractivity contribution >= 4 is 0 Å². The molecule has 0 radical (unpaired) electrons. The minimum absolute atomic E-state index is 0.139. The number of unbranched alkanes of at least 4 members (excludes halogenated alkanes) is 5. The molecule has 0 atom stereocenters. The van der Waals surface area contributed by atoms with Crippen molar-refractivity contribution in [1.82, 2.24) is 9.97 Å².